The van der Waals surface area contributed by atoms with Crippen molar-refractivity contribution in [3.63, 3.8) is 0 Å². The highest BCUT2D eigenvalue weighted by molar-refractivity contribution is 5.74. The fourth-order valence-electron chi connectivity index (χ4n) is 1.93. The summed E-state index contributed by atoms with van der Waals surface area (Å²) >= 11 is 0. The number of ether oxygens (including phenoxy) is 1. The fraction of sp³-hybridized carbons (Fsp3) is 0.562. The summed E-state index contributed by atoms with van der Waals surface area (Å²) in [7, 11) is 0. The SMILES string of the molecule is Cc1cccc(OCC(C)NC(=O)NC(C)CCCO)c1. The summed E-state index contributed by atoms with van der Waals surface area (Å²) in [5.74, 6) is 0.806. The van der Waals surface area contributed by atoms with E-state index in [0.717, 1.165) is 17.7 Å². The van der Waals surface area contributed by atoms with Gasteiger partial charge in [-0.05, 0) is 51.3 Å². The molecule has 0 aromatic heterocycles. The molecule has 118 valence electrons. The molecule has 0 aliphatic carbocycles. The first kappa shape index (κ1) is 17.3. The van der Waals surface area contributed by atoms with Gasteiger partial charge in [0.2, 0.25) is 0 Å². The molecule has 3 N–H and O–H groups in total. The van der Waals surface area contributed by atoms with Gasteiger partial charge >= 0.3 is 6.03 Å². The molecular formula is C16H26N2O3. The van der Waals surface area contributed by atoms with Crippen LogP contribution in [-0.2, 0) is 0 Å². The first-order valence-corrected chi connectivity index (χ1v) is 7.38. The van der Waals surface area contributed by atoms with Crippen molar-refractivity contribution in [3.05, 3.63) is 29.8 Å². The number of hydrogen-bond donors (Lipinski definition) is 3. The van der Waals surface area contributed by atoms with E-state index in [1.165, 1.54) is 0 Å². The Morgan fingerprint density at radius 3 is 2.67 bits per heavy atom. The van der Waals surface area contributed by atoms with Gasteiger partial charge in [0, 0.05) is 12.6 Å². The molecule has 21 heavy (non-hydrogen) atoms. The molecule has 0 heterocycles. The van der Waals surface area contributed by atoms with Gasteiger partial charge in [-0.1, -0.05) is 12.1 Å². The van der Waals surface area contributed by atoms with Crippen LogP contribution in [-0.4, -0.2) is 36.4 Å². The lowest BCUT2D eigenvalue weighted by Gasteiger charge is -2.18. The molecule has 2 amide bonds. The second-order valence-corrected chi connectivity index (χ2v) is 5.41. The van der Waals surface area contributed by atoms with Crippen molar-refractivity contribution in [2.24, 2.45) is 0 Å². The van der Waals surface area contributed by atoms with Gasteiger partial charge in [0.15, 0.2) is 0 Å². The Kier molecular flexibility index (Phi) is 7.61. The van der Waals surface area contributed by atoms with Crippen molar-refractivity contribution in [2.75, 3.05) is 13.2 Å². The molecular weight excluding hydrogens is 268 g/mol. The molecule has 0 bridgehead atoms. The van der Waals surface area contributed by atoms with Crippen LogP contribution in [0.4, 0.5) is 4.79 Å². The maximum Gasteiger partial charge on any atom is 0.315 e. The Morgan fingerprint density at radius 1 is 1.29 bits per heavy atom. The van der Waals surface area contributed by atoms with Crippen molar-refractivity contribution in [1.29, 1.82) is 0 Å². The second kappa shape index (κ2) is 9.23. The van der Waals surface area contributed by atoms with Gasteiger partial charge in [0.25, 0.3) is 0 Å². The Hall–Kier alpha value is -1.75. The number of benzene rings is 1. The first-order valence-electron chi connectivity index (χ1n) is 7.38. The van der Waals surface area contributed by atoms with Gasteiger partial charge in [-0.3, -0.25) is 0 Å². The summed E-state index contributed by atoms with van der Waals surface area (Å²) in [6, 6.07) is 7.56. The zero-order valence-corrected chi connectivity index (χ0v) is 13.1. The third-order valence-electron chi connectivity index (χ3n) is 3.04. The maximum absolute atomic E-state index is 11.8. The Labute approximate surface area is 126 Å². The van der Waals surface area contributed by atoms with Crippen LogP contribution in [0.3, 0.4) is 0 Å². The number of amides is 2. The van der Waals surface area contributed by atoms with Crippen LogP contribution in [0.1, 0.15) is 32.3 Å². The van der Waals surface area contributed by atoms with E-state index in [1.807, 2.05) is 45.0 Å². The van der Waals surface area contributed by atoms with Crippen LogP contribution in [0, 0.1) is 6.92 Å². The number of urea groups is 1. The largest absolute Gasteiger partial charge is 0.491 e. The number of nitrogens with one attached hydrogen (secondary N) is 2. The number of rotatable bonds is 8. The lowest BCUT2D eigenvalue weighted by molar-refractivity contribution is 0.221. The third-order valence-corrected chi connectivity index (χ3v) is 3.04. The van der Waals surface area contributed by atoms with Crippen LogP contribution in [0.2, 0.25) is 0 Å². The molecule has 1 aromatic carbocycles. The van der Waals surface area contributed by atoms with Crippen LogP contribution in [0.15, 0.2) is 24.3 Å². The number of carbonyl (C=O) groups is 1. The van der Waals surface area contributed by atoms with E-state index >= 15 is 0 Å². The highest BCUT2D eigenvalue weighted by Gasteiger charge is 2.10. The van der Waals surface area contributed by atoms with Gasteiger partial charge in [-0.25, -0.2) is 4.79 Å². The molecule has 1 rings (SSSR count). The summed E-state index contributed by atoms with van der Waals surface area (Å²) in [5.41, 5.74) is 1.14. The van der Waals surface area contributed by atoms with Gasteiger partial charge < -0.3 is 20.5 Å². The van der Waals surface area contributed by atoms with Crippen molar-refractivity contribution in [1.82, 2.24) is 10.6 Å². The number of aliphatic hydroxyl groups excluding tert-OH is 1. The molecule has 0 aliphatic rings. The number of aryl methyl sites for hydroxylation is 1. The molecule has 0 spiro atoms. The molecule has 0 radical (unpaired) electrons. The molecule has 0 fully saturated rings. The predicted molar refractivity (Wildman–Crippen MR) is 83.6 cm³/mol. The first-order chi connectivity index (χ1) is 10.0. The molecule has 5 heteroatoms. The summed E-state index contributed by atoms with van der Waals surface area (Å²) in [6.45, 7) is 6.39. The molecule has 2 atom stereocenters. The van der Waals surface area contributed by atoms with Gasteiger partial charge in [0.05, 0.1) is 6.04 Å². The average molecular weight is 294 g/mol. The Balaban J connectivity index is 2.26. The van der Waals surface area contributed by atoms with E-state index in [4.69, 9.17) is 9.84 Å². The lowest BCUT2D eigenvalue weighted by atomic mass is 10.2. The number of carbonyl (C=O) groups excluding carboxylic acids is 1. The average Bonchev–Trinajstić information content (AvgIpc) is 2.43. The van der Waals surface area contributed by atoms with Crippen molar-refractivity contribution < 1.29 is 14.6 Å². The quantitative estimate of drug-likeness (QED) is 0.688. The van der Waals surface area contributed by atoms with Crippen molar-refractivity contribution in [2.45, 2.75) is 45.7 Å². The zero-order valence-electron chi connectivity index (χ0n) is 13.1. The van der Waals surface area contributed by atoms with E-state index in [9.17, 15) is 4.79 Å². The Morgan fingerprint density at radius 2 is 2.00 bits per heavy atom. The number of aliphatic hydroxyl groups is 1. The minimum Gasteiger partial charge on any atom is -0.491 e. The van der Waals surface area contributed by atoms with E-state index in [1.54, 1.807) is 0 Å². The minimum atomic E-state index is -0.208. The topological polar surface area (TPSA) is 70.6 Å². The third kappa shape index (κ3) is 7.56. The summed E-state index contributed by atoms with van der Waals surface area (Å²) in [4.78, 5) is 11.8. The second-order valence-electron chi connectivity index (χ2n) is 5.41. The van der Waals surface area contributed by atoms with Gasteiger partial charge in [-0.15, -0.1) is 0 Å². The van der Waals surface area contributed by atoms with Crippen LogP contribution in [0.5, 0.6) is 5.75 Å². The van der Waals surface area contributed by atoms with Gasteiger partial charge in [-0.2, -0.15) is 0 Å². The predicted octanol–water partition coefficient (Wildman–Crippen LogP) is 2.22. The molecule has 1 aromatic rings. The molecule has 0 saturated heterocycles. The molecule has 0 aliphatic heterocycles. The molecule has 2 unspecified atom stereocenters. The van der Waals surface area contributed by atoms with Crippen LogP contribution in [0.25, 0.3) is 0 Å². The van der Waals surface area contributed by atoms with Crippen molar-refractivity contribution >= 4 is 6.03 Å². The highest BCUT2D eigenvalue weighted by atomic mass is 16.5. The van der Waals surface area contributed by atoms with Crippen molar-refractivity contribution in [3.8, 4) is 5.75 Å². The fourth-order valence-corrected chi connectivity index (χ4v) is 1.93. The summed E-state index contributed by atoms with van der Waals surface area (Å²) < 4.78 is 5.64. The van der Waals surface area contributed by atoms with E-state index in [-0.39, 0.29) is 24.7 Å². The normalized spacial score (nSPS) is 13.3. The standard InChI is InChI=1S/C16H26N2O3/c1-12-6-4-8-15(10-12)21-11-14(3)18-16(20)17-13(2)7-5-9-19/h4,6,8,10,13-14,19H,5,7,9,11H2,1-3H3,(H2,17,18,20). The minimum absolute atomic E-state index is 0.0436. The smallest absolute Gasteiger partial charge is 0.315 e. The zero-order chi connectivity index (χ0) is 15.7. The van der Waals surface area contributed by atoms with Crippen LogP contribution >= 0.6 is 0 Å². The summed E-state index contributed by atoms with van der Waals surface area (Å²) in [5, 5.41) is 14.4. The monoisotopic (exact) mass is 294 g/mol. The molecule has 0 saturated carbocycles. The van der Waals surface area contributed by atoms with E-state index in [0.29, 0.717) is 13.0 Å². The highest BCUT2D eigenvalue weighted by Crippen LogP contribution is 2.12. The maximum atomic E-state index is 11.8. The van der Waals surface area contributed by atoms with Crippen LogP contribution < -0.4 is 15.4 Å². The number of hydrogen-bond acceptors (Lipinski definition) is 3. The molecule has 5 nitrogen and oxygen atoms in total. The van der Waals surface area contributed by atoms with E-state index < -0.39 is 0 Å². The lowest BCUT2D eigenvalue weighted by Crippen LogP contribution is -2.46. The van der Waals surface area contributed by atoms with E-state index in [2.05, 4.69) is 10.6 Å². The Bertz CT molecular complexity index is 437. The van der Waals surface area contributed by atoms with Gasteiger partial charge in [0.1, 0.15) is 12.4 Å². The summed E-state index contributed by atoms with van der Waals surface area (Å²) in [6.07, 6.45) is 1.45.